The molecule has 0 atom stereocenters. The fourth-order valence-electron chi connectivity index (χ4n) is 3.97. The van der Waals surface area contributed by atoms with Crippen LogP contribution in [0.5, 0.6) is 0 Å². The van der Waals surface area contributed by atoms with Crippen molar-refractivity contribution in [3.05, 3.63) is 41.0 Å². The summed E-state index contributed by atoms with van der Waals surface area (Å²) in [6, 6.07) is 7.51. The Kier molecular flexibility index (Phi) is 7.72. The van der Waals surface area contributed by atoms with Gasteiger partial charge in [0.25, 0.3) is 10.0 Å². The van der Waals surface area contributed by atoms with Crippen molar-refractivity contribution < 1.29 is 17.9 Å². The largest absolute Gasteiger partial charge is 0.385 e. The second kappa shape index (κ2) is 10.3. The van der Waals surface area contributed by atoms with Gasteiger partial charge in [-0.15, -0.1) is 4.40 Å². The van der Waals surface area contributed by atoms with Gasteiger partial charge in [-0.05, 0) is 43.7 Å². The van der Waals surface area contributed by atoms with Crippen LogP contribution in [0.3, 0.4) is 0 Å². The van der Waals surface area contributed by atoms with Crippen LogP contribution in [0.4, 0.5) is 4.79 Å². The van der Waals surface area contributed by atoms with Crippen LogP contribution in [0.15, 0.2) is 34.2 Å². The highest BCUT2D eigenvalue weighted by Gasteiger charge is 2.34. The highest BCUT2D eigenvalue weighted by Crippen LogP contribution is 2.34. The van der Waals surface area contributed by atoms with Crippen molar-refractivity contribution in [3.8, 4) is 0 Å². The zero-order chi connectivity index (χ0) is 22.4. The number of likely N-dealkylation sites (tertiary alicyclic amines) is 1. The molecule has 170 valence electrons. The number of nitrogens with zero attached hydrogens (tertiary/aromatic N) is 2. The molecule has 2 N–H and O–H groups in total. The lowest BCUT2D eigenvalue weighted by Gasteiger charge is -2.33. The van der Waals surface area contributed by atoms with Crippen LogP contribution in [0.1, 0.15) is 44.2 Å². The quantitative estimate of drug-likeness (QED) is 0.625. The van der Waals surface area contributed by atoms with E-state index in [0.717, 1.165) is 31.2 Å². The third-order valence-electron chi connectivity index (χ3n) is 5.71. The first-order valence-electron chi connectivity index (χ1n) is 10.8. The summed E-state index contributed by atoms with van der Waals surface area (Å²) < 4.78 is 34.6. The lowest BCUT2D eigenvalue weighted by molar-refractivity contribution is 0.192. The van der Waals surface area contributed by atoms with E-state index in [1.165, 1.54) is 0 Å². The molecule has 1 saturated heterocycles. The molecule has 1 aromatic rings. The van der Waals surface area contributed by atoms with E-state index in [-0.39, 0.29) is 12.1 Å². The molecule has 0 saturated carbocycles. The predicted octanol–water partition coefficient (Wildman–Crippen LogP) is 2.52. The van der Waals surface area contributed by atoms with Crippen LogP contribution >= 0.6 is 0 Å². The summed E-state index contributed by atoms with van der Waals surface area (Å²) >= 11 is 0. The first-order valence-corrected chi connectivity index (χ1v) is 12.2. The van der Waals surface area contributed by atoms with Gasteiger partial charge < -0.3 is 20.3 Å². The minimum Gasteiger partial charge on any atom is -0.385 e. The van der Waals surface area contributed by atoms with Gasteiger partial charge in [-0.2, -0.15) is 8.42 Å². The molecule has 0 spiro atoms. The second-order valence-electron chi connectivity index (χ2n) is 7.90. The summed E-state index contributed by atoms with van der Waals surface area (Å²) in [4.78, 5) is 14.3. The van der Waals surface area contributed by atoms with Crippen LogP contribution < -0.4 is 10.6 Å². The van der Waals surface area contributed by atoms with Gasteiger partial charge >= 0.3 is 6.03 Å². The SMILES string of the molecule is CCc1ccc(C2=C(C)C(N3CCC(NC(=O)NCCCOC)CC3)=NS2(=O)=O)cc1. The smallest absolute Gasteiger partial charge is 0.315 e. The lowest BCUT2D eigenvalue weighted by atomic mass is 10.0. The maximum absolute atomic E-state index is 12.8. The van der Waals surface area contributed by atoms with Gasteiger partial charge in [0.2, 0.25) is 0 Å². The van der Waals surface area contributed by atoms with Gasteiger partial charge in [0.1, 0.15) is 10.7 Å². The van der Waals surface area contributed by atoms with Crippen molar-refractivity contribution in [1.29, 1.82) is 0 Å². The van der Waals surface area contributed by atoms with Crippen molar-refractivity contribution in [1.82, 2.24) is 15.5 Å². The zero-order valence-corrected chi connectivity index (χ0v) is 19.3. The average Bonchev–Trinajstić information content (AvgIpc) is 3.00. The van der Waals surface area contributed by atoms with Crippen LogP contribution in [-0.2, 0) is 21.2 Å². The summed E-state index contributed by atoms with van der Waals surface area (Å²) in [5.41, 5.74) is 2.53. The fourth-order valence-corrected chi connectivity index (χ4v) is 5.45. The number of nitrogens with one attached hydrogen (secondary N) is 2. The Hall–Kier alpha value is -2.39. The van der Waals surface area contributed by atoms with Gasteiger partial charge in [0, 0.05) is 45.0 Å². The van der Waals surface area contributed by atoms with Gasteiger partial charge in [-0.25, -0.2) is 4.79 Å². The minimum atomic E-state index is -3.72. The van der Waals surface area contributed by atoms with Gasteiger partial charge in [-0.1, -0.05) is 31.2 Å². The van der Waals surface area contributed by atoms with Crippen molar-refractivity contribution in [2.75, 3.05) is 33.4 Å². The number of amidine groups is 1. The van der Waals surface area contributed by atoms with E-state index in [9.17, 15) is 13.2 Å². The molecule has 0 radical (unpaired) electrons. The highest BCUT2D eigenvalue weighted by atomic mass is 32.2. The van der Waals surface area contributed by atoms with Crippen molar-refractivity contribution in [3.63, 3.8) is 0 Å². The number of hydrogen-bond acceptors (Lipinski definition) is 5. The number of carbonyl (C=O) groups excluding carboxylic acids is 1. The first kappa shape index (κ1) is 23.3. The number of aryl methyl sites for hydroxylation is 1. The Morgan fingerprint density at radius 2 is 1.90 bits per heavy atom. The van der Waals surface area contributed by atoms with Crippen molar-refractivity contribution in [2.24, 2.45) is 4.40 Å². The molecule has 2 aliphatic heterocycles. The summed E-state index contributed by atoms with van der Waals surface area (Å²) in [7, 11) is -2.08. The maximum atomic E-state index is 12.8. The van der Waals surface area contributed by atoms with E-state index in [4.69, 9.17) is 4.74 Å². The standard InChI is InChI=1S/C22H32N4O4S/c1-4-17-6-8-18(9-7-17)20-16(2)21(25-31(20,28)29)26-13-10-19(11-14-26)24-22(27)23-12-5-15-30-3/h6-9,19H,4-5,10-15H2,1-3H3,(H2,23,24,27). The molecule has 2 heterocycles. The fraction of sp³-hybridized carbons (Fsp3) is 0.545. The van der Waals surface area contributed by atoms with Crippen LogP contribution in [-0.4, -0.2) is 64.6 Å². The molecule has 1 fully saturated rings. The zero-order valence-electron chi connectivity index (χ0n) is 18.5. The Morgan fingerprint density at radius 3 is 2.52 bits per heavy atom. The molecule has 9 heteroatoms. The third kappa shape index (κ3) is 5.65. The van der Waals surface area contributed by atoms with Gasteiger partial charge in [0.05, 0.1) is 0 Å². The first-order chi connectivity index (χ1) is 14.9. The molecular weight excluding hydrogens is 416 g/mol. The predicted molar refractivity (Wildman–Crippen MR) is 122 cm³/mol. The number of urea groups is 1. The molecule has 1 aromatic carbocycles. The van der Waals surface area contributed by atoms with Crippen molar-refractivity contribution >= 4 is 26.8 Å². The van der Waals surface area contributed by atoms with Gasteiger partial charge in [0.15, 0.2) is 0 Å². The second-order valence-corrected chi connectivity index (χ2v) is 9.44. The number of ether oxygens (including phenoxy) is 1. The number of rotatable bonds is 7. The monoisotopic (exact) mass is 448 g/mol. The van der Waals surface area contributed by atoms with E-state index in [1.54, 1.807) is 7.11 Å². The molecule has 0 unspecified atom stereocenters. The lowest BCUT2D eigenvalue weighted by Crippen LogP contribution is -2.49. The maximum Gasteiger partial charge on any atom is 0.315 e. The summed E-state index contributed by atoms with van der Waals surface area (Å²) in [5, 5.41) is 5.82. The van der Waals surface area contributed by atoms with E-state index in [2.05, 4.69) is 22.0 Å². The number of piperidine rings is 1. The van der Waals surface area contributed by atoms with Crippen LogP contribution in [0, 0.1) is 0 Å². The molecule has 31 heavy (non-hydrogen) atoms. The van der Waals surface area contributed by atoms with Crippen molar-refractivity contribution in [2.45, 2.75) is 45.6 Å². The molecule has 0 aliphatic carbocycles. The Labute approximate surface area is 184 Å². The molecular formula is C22H32N4O4S. The minimum absolute atomic E-state index is 0.0580. The average molecular weight is 449 g/mol. The van der Waals surface area contributed by atoms with Crippen LogP contribution in [0.25, 0.3) is 4.91 Å². The highest BCUT2D eigenvalue weighted by molar-refractivity contribution is 8.00. The molecule has 0 aromatic heterocycles. The topological polar surface area (TPSA) is 100 Å². The number of benzene rings is 1. The normalized spacial score (nSPS) is 18.8. The Morgan fingerprint density at radius 1 is 1.23 bits per heavy atom. The van der Waals surface area contributed by atoms with Gasteiger partial charge in [-0.3, -0.25) is 0 Å². The van der Waals surface area contributed by atoms with E-state index in [0.29, 0.717) is 48.1 Å². The van der Waals surface area contributed by atoms with Crippen LogP contribution in [0.2, 0.25) is 0 Å². The molecule has 3 rings (SSSR count). The summed E-state index contributed by atoms with van der Waals surface area (Å²) in [6.07, 6.45) is 3.14. The number of hydrogen-bond donors (Lipinski definition) is 2. The Balaban J connectivity index is 1.61. The molecule has 2 aliphatic rings. The molecule has 8 nitrogen and oxygen atoms in total. The van der Waals surface area contributed by atoms with E-state index >= 15 is 0 Å². The van der Waals surface area contributed by atoms with E-state index < -0.39 is 10.0 Å². The number of sulfonamides is 1. The van der Waals surface area contributed by atoms with E-state index in [1.807, 2.05) is 36.1 Å². The number of methoxy groups -OCH3 is 1. The summed E-state index contributed by atoms with van der Waals surface area (Å²) in [5.74, 6) is 0.525. The number of amides is 2. The molecule has 0 bridgehead atoms. The third-order valence-corrected chi connectivity index (χ3v) is 7.18. The number of carbonyl (C=O) groups is 1. The molecule has 2 amide bonds. The Bertz CT molecular complexity index is 946. The summed E-state index contributed by atoms with van der Waals surface area (Å²) in [6.45, 7) is 6.35.